The van der Waals surface area contributed by atoms with Crippen LogP contribution in [0.25, 0.3) is 5.69 Å². The highest BCUT2D eigenvalue weighted by Gasteiger charge is 2.16. The first-order valence-corrected chi connectivity index (χ1v) is 6.22. The maximum absolute atomic E-state index is 13.9. The van der Waals surface area contributed by atoms with Crippen molar-refractivity contribution in [1.29, 1.82) is 0 Å². The van der Waals surface area contributed by atoms with Gasteiger partial charge in [0.05, 0.1) is 15.9 Å². The molecule has 1 heterocycles. The molecule has 1 aromatic carbocycles. The SMILES string of the molecule is Cn1c(CF)cc(=O)n(-c2cc(O)c(Br)cc2F)c1=O. The van der Waals surface area contributed by atoms with E-state index in [0.29, 0.717) is 4.57 Å². The second-order valence-corrected chi connectivity index (χ2v) is 4.89. The van der Waals surface area contributed by atoms with E-state index in [2.05, 4.69) is 15.9 Å². The van der Waals surface area contributed by atoms with Crippen LogP contribution in [0.3, 0.4) is 0 Å². The van der Waals surface area contributed by atoms with Gasteiger partial charge in [-0.1, -0.05) is 0 Å². The van der Waals surface area contributed by atoms with Gasteiger partial charge in [0.25, 0.3) is 5.56 Å². The number of benzene rings is 1. The molecule has 1 aromatic heterocycles. The van der Waals surface area contributed by atoms with Crippen molar-refractivity contribution >= 4 is 15.9 Å². The Morgan fingerprint density at radius 3 is 2.55 bits per heavy atom. The summed E-state index contributed by atoms with van der Waals surface area (Å²) in [7, 11) is 1.27. The van der Waals surface area contributed by atoms with Gasteiger partial charge in [0.15, 0.2) is 0 Å². The molecule has 0 aliphatic rings. The number of aromatic hydroxyl groups is 1. The average molecular weight is 347 g/mol. The van der Waals surface area contributed by atoms with E-state index >= 15 is 0 Å². The smallest absolute Gasteiger partial charge is 0.335 e. The quantitative estimate of drug-likeness (QED) is 0.898. The summed E-state index contributed by atoms with van der Waals surface area (Å²) in [5, 5.41) is 9.54. The van der Waals surface area contributed by atoms with E-state index in [4.69, 9.17) is 0 Å². The maximum atomic E-state index is 13.9. The summed E-state index contributed by atoms with van der Waals surface area (Å²) in [6.45, 7) is -0.990. The lowest BCUT2D eigenvalue weighted by Crippen LogP contribution is -2.39. The van der Waals surface area contributed by atoms with Gasteiger partial charge in [-0.2, -0.15) is 0 Å². The highest BCUT2D eigenvalue weighted by Crippen LogP contribution is 2.27. The second-order valence-electron chi connectivity index (χ2n) is 4.04. The Hall–Kier alpha value is -1.96. The van der Waals surface area contributed by atoms with Crippen molar-refractivity contribution in [3.8, 4) is 11.4 Å². The molecule has 0 saturated carbocycles. The minimum absolute atomic E-state index is 0.0870. The fraction of sp³-hybridized carbons (Fsp3) is 0.167. The Kier molecular flexibility index (Phi) is 3.76. The second kappa shape index (κ2) is 5.20. The van der Waals surface area contributed by atoms with Crippen molar-refractivity contribution in [2.24, 2.45) is 7.05 Å². The third-order valence-electron chi connectivity index (χ3n) is 2.81. The zero-order valence-electron chi connectivity index (χ0n) is 10.2. The lowest BCUT2D eigenvalue weighted by molar-refractivity contribution is 0.453. The molecule has 0 unspecified atom stereocenters. The fourth-order valence-electron chi connectivity index (χ4n) is 1.72. The summed E-state index contributed by atoms with van der Waals surface area (Å²) < 4.78 is 28.0. The van der Waals surface area contributed by atoms with E-state index in [1.54, 1.807) is 0 Å². The van der Waals surface area contributed by atoms with Gasteiger partial charge < -0.3 is 5.11 Å². The molecule has 20 heavy (non-hydrogen) atoms. The largest absolute Gasteiger partial charge is 0.507 e. The Morgan fingerprint density at radius 1 is 1.30 bits per heavy atom. The number of phenolic OH excluding ortho intramolecular Hbond substituents is 1. The van der Waals surface area contributed by atoms with Crippen LogP contribution in [0.2, 0.25) is 0 Å². The van der Waals surface area contributed by atoms with Crippen LogP contribution >= 0.6 is 15.9 Å². The summed E-state index contributed by atoms with van der Waals surface area (Å²) in [4.78, 5) is 23.9. The van der Waals surface area contributed by atoms with E-state index in [-0.39, 0.29) is 15.9 Å². The molecule has 0 aliphatic carbocycles. The molecule has 0 atom stereocenters. The number of alkyl halides is 1. The topological polar surface area (TPSA) is 64.2 Å². The zero-order valence-corrected chi connectivity index (χ0v) is 11.8. The molecule has 0 bridgehead atoms. The van der Waals surface area contributed by atoms with Gasteiger partial charge in [-0.3, -0.25) is 9.36 Å². The molecule has 0 radical (unpaired) electrons. The van der Waals surface area contributed by atoms with Crippen molar-refractivity contribution in [1.82, 2.24) is 9.13 Å². The Morgan fingerprint density at radius 2 is 1.95 bits per heavy atom. The molecule has 8 heteroatoms. The van der Waals surface area contributed by atoms with E-state index in [9.17, 15) is 23.5 Å². The summed E-state index contributed by atoms with van der Waals surface area (Å²) in [5.74, 6) is -1.20. The summed E-state index contributed by atoms with van der Waals surface area (Å²) in [6.07, 6.45) is 0. The summed E-state index contributed by atoms with van der Waals surface area (Å²) >= 11 is 2.92. The van der Waals surface area contributed by atoms with Crippen molar-refractivity contribution < 1.29 is 13.9 Å². The third kappa shape index (κ3) is 2.26. The van der Waals surface area contributed by atoms with E-state index in [0.717, 1.165) is 22.8 Å². The molecule has 0 fully saturated rings. The Balaban J connectivity index is 2.84. The first-order chi connectivity index (χ1) is 9.36. The lowest BCUT2D eigenvalue weighted by atomic mass is 10.2. The monoisotopic (exact) mass is 346 g/mol. The van der Waals surface area contributed by atoms with Crippen molar-refractivity contribution in [2.45, 2.75) is 6.67 Å². The van der Waals surface area contributed by atoms with E-state index in [1.807, 2.05) is 0 Å². The highest BCUT2D eigenvalue weighted by molar-refractivity contribution is 9.10. The van der Waals surface area contributed by atoms with Crippen LogP contribution in [-0.4, -0.2) is 14.2 Å². The van der Waals surface area contributed by atoms with Crippen LogP contribution in [0.4, 0.5) is 8.78 Å². The standard InChI is InChI=1S/C12H9BrF2N2O3/c1-16-6(5-14)2-11(19)17(12(16)20)9-4-10(18)7(13)3-8(9)15/h2-4,18H,5H2,1H3. The first kappa shape index (κ1) is 14.4. The molecule has 2 aromatic rings. The number of hydrogen-bond donors (Lipinski definition) is 1. The fourth-order valence-corrected chi connectivity index (χ4v) is 2.03. The molecule has 106 valence electrons. The van der Waals surface area contributed by atoms with Crippen LogP contribution in [-0.2, 0) is 13.7 Å². The van der Waals surface area contributed by atoms with Gasteiger partial charge in [-0.25, -0.2) is 18.1 Å². The zero-order chi connectivity index (χ0) is 15.0. The molecule has 2 rings (SSSR count). The first-order valence-electron chi connectivity index (χ1n) is 5.43. The van der Waals surface area contributed by atoms with Gasteiger partial charge in [-0.15, -0.1) is 0 Å². The minimum Gasteiger partial charge on any atom is -0.507 e. The normalized spacial score (nSPS) is 10.8. The Bertz CT molecular complexity index is 799. The summed E-state index contributed by atoms with van der Waals surface area (Å²) in [6, 6.07) is 2.77. The third-order valence-corrected chi connectivity index (χ3v) is 3.45. The van der Waals surface area contributed by atoms with Crippen molar-refractivity contribution in [2.75, 3.05) is 0 Å². The molecule has 0 saturated heterocycles. The van der Waals surface area contributed by atoms with Gasteiger partial charge in [0.1, 0.15) is 18.2 Å². The molecule has 0 aliphatic heterocycles. The number of phenols is 1. The number of rotatable bonds is 2. The van der Waals surface area contributed by atoms with Gasteiger partial charge in [0, 0.05) is 19.2 Å². The number of hydrogen-bond acceptors (Lipinski definition) is 3. The lowest BCUT2D eigenvalue weighted by Gasteiger charge is -2.11. The van der Waals surface area contributed by atoms with Crippen LogP contribution in [0.1, 0.15) is 5.69 Å². The van der Waals surface area contributed by atoms with Crippen LogP contribution in [0, 0.1) is 5.82 Å². The number of halogens is 3. The van der Waals surface area contributed by atoms with Crippen molar-refractivity contribution in [3.05, 3.63) is 55.0 Å². The van der Waals surface area contributed by atoms with Crippen molar-refractivity contribution in [3.63, 3.8) is 0 Å². The van der Waals surface area contributed by atoms with Gasteiger partial charge in [-0.05, 0) is 22.0 Å². The molecular weight excluding hydrogens is 338 g/mol. The predicted octanol–water partition coefficient (Wildman–Crippen LogP) is 1.61. The predicted molar refractivity (Wildman–Crippen MR) is 71.4 cm³/mol. The number of nitrogens with zero attached hydrogens (tertiary/aromatic N) is 2. The molecule has 0 amide bonds. The van der Waals surface area contributed by atoms with Crippen LogP contribution in [0.15, 0.2) is 32.3 Å². The molecular formula is C12H9BrF2N2O3. The summed E-state index contributed by atoms with van der Waals surface area (Å²) in [5.41, 5.74) is -2.29. The molecule has 1 N–H and O–H groups in total. The van der Waals surface area contributed by atoms with E-state index in [1.165, 1.54) is 7.05 Å². The van der Waals surface area contributed by atoms with Gasteiger partial charge >= 0.3 is 5.69 Å². The van der Waals surface area contributed by atoms with Crippen LogP contribution in [0.5, 0.6) is 5.75 Å². The minimum atomic E-state index is -0.990. The number of aromatic nitrogens is 2. The molecule has 5 nitrogen and oxygen atoms in total. The highest BCUT2D eigenvalue weighted by atomic mass is 79.9. The maximum Gasteiger partial charge on any atom is 0.335 e. The van der Waals surface area contributed by atoms with E-state index < -0.39 is 29.4 Å². The van der Waals surface area contributed by atoms with Gasteiger partial charge in [0.2, 0.25) is 0 Å². The van der Waals surface area contributed by atoms with Crippen LogP contribution < -0.4 is 11.2 Å². The molecule has 0 spiro atoms. The average Bonchev–Trinajstić information content (AvgIpc) is 2.39. The Labute approximate surface area is 119 Å².